The number of hydrogen-bond acceptors (Lipinski definition) is 3. The molecule has 5 rings (SSSR count). The summed E-state index contributed by atoms with van der Waals surface area (Å²) in [4.78, 5) is 29.0. The zero-order valence-electron chi connectivity index (χ0n) is 19.2. The highest BCUT2D eigenvalue weighted by atomic mass is 19.1. The average Bonchev–Trinajstić information content (AvgIpc) is 3.17. The zero-order valence-corrected chi connectivity index (χ0v) is 19.2. The summed E-state index contributed by atoms with van der Waals surface area (Å²) < 4.78 is 22.2. The molecular formula is C26H30FN3O3. The van der Waals surface area contributed by atoms with Gasteiger partial charge in [-0.2, -0.15) is 0 Å². The van der Waals surface area contributed by atoms with E-state index in [-0.39, 0.29) is 36.8 Å². The third-order valence-electron chi connectivity index (χ3n) is 7.20. The summed E-state index contributed by atoms with van der Waals surface area (Å²) in [6.45, 7) is 3.95. The maximum absolute atomic E-state index is 14.5. The van der Waals surface area contributed by atoms with E-state index in [1.54, 1.807) is 31.2 Å². The molecule has 0 spiro atoms. The van der Waals surface area contributed by atoms with Crippen molar-refractivity contribution in [2.24, 2.45) is 0 Å². The molecule has 1 aromatic carbocycles. The molecule has 0 radical (unpaired) electrons. The van der Waals surface area contributed by atoms with Crippen LogP contribution in [0.3, 0.4) is 0 Å². The third kappa shape index (κ3) is 3.83. The van der Waals surface area contributed by atoms with E-state index in [0.717, 1.165) is 37.0 Å². The molecule has 1 aliphatic heterocycles. The molecule has 3 aromatic rings. The molecule has 2 aliphatic rings. The smallest absolute Gasteiger partial charge is 0.271 e. The molecule has 7 heteroatoms. The van der Waals surface area contributed by atoms with Crippen LogP contribution in [0.1, 0.15) is 67.3 Å². The summed E-state index contributed by atoms with van der Waals surface area (Å²) in [5.41, 5.74) is 1.10. The first-order chi connectivity index (χ1) is 15.9. The second-order valence-corrected chi connectivity index (χ2v) is 9.64. The Kier molecular flexibility index (Phi) is 5.51. The van der Waals surface area contributed by atoms with E-state index < -0.39 is 5.54 Å². The molecule has 2 amide bonds. The van der Waals surface area contributed by atoms with Gasteiger partial charge >= 0.3 is 0 Å². The lowest BCUT2D eigenvalue weighted by atomic mass is 9.93. The molecular weight excluding hydrogens is 421 g/mol. The number of furan rings is 1. The Balaban J connectivity index is 1.54. The number of aryl methyl sites for hydroxylation is 1. The largest absolute Gasteiger partial charge is 0.460 e. The lowest BCUT2D eigenvalue weighted by Gasteiger charge is -2.44. The van der Waals surface area contributed by atoms with E-state index in [9.17, 15) is 14.0 Å². The van der Waals surface area contributed by atoms with Gasteiger partial charge in [0.15, 0.2) is 5.58 Å². The van der Waals surface area contributed by atoms with Crippen molar-refractivity contribution in [1.82, 2.24) is 14.8 Å². The number of nitrogens with zero attached hydrogens (tertiary/aromatic N) is 2. The van der Waals surface area contributed by atoms with Gasteiger partial charge in [-0.3, -0.25) is 9.59 Å². The van der Waals surface area contributed by atoms with Gasteiger partial charge < -0.3 is 19.2 Å². The van der Waals surface area contributed by atoms with Crippen LogP contribution < -0.4 is 5.32 Å². The van der Waals surface area contributed by atoms with Crippen molar-refractivity contribution >= 4 is 22.9 Å². The summed E-state index contributed by atoms with van der Waals surface area (Å²) in [7, 11) is 0. The number of benzene rings is 1. The van der Waals surface area contributed by atoms with Crippen molar-refractivity contribution in [1.29, 1.82) is 0 Å². The van der Waals surface area contributed by atoms with E-state index >= 15 is 0 Å². The van der Waals surface area contributed by atoms with E-state index in [4.69, 9.17) is 4.42 Å². The minimum Gasteiger partial charge on any atom is -0.460 e. The molecule has 1 saturated carbocycles. The van der Waals surface area contributed by atoms with Crippen molar-refractivity contribution in [2.45, 2.75) is 77.0 Å². The fourth-order valence-electron chi connectivity index (χ4n) is 5.27. The number of amides is 2. The SMILES string of the molecule is Cc1cc2c(cc3n2C[C@](C)(C(=O)NC2CCCCCC2)N(Cc2ccccc2F)C3=O)o1. The minimum atomic E-state index is -1.17. The number of aromatic nitrogens is 1. The van der Waals surface area contributed by atoms with Gasteiger partial charge in [-0.15, -0.1) is 0 Å². The Morgan fingerprint density at radius 2 is 1.91 bits per heavy atom. The molecule has 1 N–H and O–H groups in total. The van der Waals surface area contributed by atoms with Crippen LogP contribution in [0, 0.1) is 12.7 Å². The number of hydrogen-bond donors (Lipinski definition) is 1. The van der Waals surface area contributed by atoms with Crippen LogP contribution in [0.4, 0.5) is 4.39 Å². The molecule has 0 unspecified atom stereocenters. The highest BCUT2D eigenvalue weighted by Gasteiger charge is 2.48. The van der Waals surface area contributed by atoms with Gasteiger partial charge in [0, 0.05) is 23.7 Å². The molecule has 174 valence electrons. The summed E-state index contributed by atoms with van der Waals surface area (Å²) >= 11 is 0. The van der Waals surface area contributed by atoms with Crippen molar-refractivity contribution in [2.75, 3.05) is 0 Å². The zero-order chi connectivity index (χ0) is 23.2. The molecule has 33 heavy (non-hydrogen) atoms. The number of nitrogens with one attached hydrogen (secondary N) is 1. The summed E-state index contributed by atoms with van der Waals surface area (Å²) in [5, 5.41) is 3.23. The Hall–Kier alpha value is -3.09. The molecule has 3 heterocycles. The first-order valence-corrected chi connectivity index (χ1v) is 11.8. The molecule has 1 atom stereocenters. The molecule has 1 fully saturated rings. The van der Waals surface area contributed by atoms with Crippen LogP contribution in [-0.4, -0.2) is 32.9 Å². The number of halogens is 1. The van der Waals surface area contributed by atoms with Gasteiger partial charge in [0.2, 0.25) is 5.91 Å². The van der Waals surface area contributed by atoms with Crippen molar-refractivity contribution in [3.63, 3.8) is 0 Å². The number of carbonyl (C=O) groups excluding carboxylic acids is 2. The Morgan fingerprint density at radius 3 is 2.64 bits per heavy atom. The van der Waals surface area contributed by atoms with E-state index in [1.807, 2.05) is 17.6 Å². The third-order valence-corrected chi connectivity index (χ3v) is 7.20. The van der Waals surface area contributed by atoms with E-state index in [2.05, 4.69) is 5.32 Å². The number of carbonyl (C=O) groups is 2. The number of fused-ring (bicyclic) bond motifs is 3. The molecule has 0 bridgehead atoms. The Labute approximate surface area is 192 Å². The van der Waals surface area contributed by atoms with Gasteiger partial charge in [0.25, 0.3) is 5.91 Å². The van der Waals surface area contributed by atoms with Crippen molar-refractivity contribution in [3.8, 4) is 0 Å². The van der Waals surface area contributed by atoms with Gasteiger partial charge in [-0.05, 0) is 32.8 Å². The van der Waals surface area contributed by atoms with Crippen molar-refractivity contribution < 1.29 is 18.4 Å². The molecule has 2 aromatic heterocycles. The Bertz CT molecular complexity index is 1200. The topological polar surface area (TPSA) is 67.5 Å². The molecule has 0 saturated heterocycles. The van der Waals surface area contributed by atoms with Crippen LogP contribution in [0.15, 0.2) is 40.8 Å². The van der Waals surface area contributed by atoms with Gasteiger partial charge in [-0.1, -0.05) is 43.9 Å². The highest BCUT2D eigenvalue weighted by molar-refractivity contribution is 6.03. The predicted octanol–water partition coefficient (Wildman–Crippen LogP) is 4.94. The van der Waals surface area contributed by atoms with Crippen LogP contribution >= 0.6 is 0 Å². The Morgan fingerprint density at radius 1 is 1.18 bits per heavy atom. The van der Waals surface area contributed by atoms with E-state index in [0.29, 0.717) is 16.8 Å². The average molecular weight is 452 g/mol. The van der Waals surface area contributed by atoms with E-state index in [1.165, 1.54) is 23.8 Å². The van der Waals surface area contributed by atoms with Crippen LogP contribution in [0.25, 0.3) is 11.1 Å². The fraction of sp³-hybridized carbons (Fsp3) is 0.462. The van der Waals surface area contributed by atoms with Gasteiger partial charge in [-0.25, -0.2) is 4.39 Å². The first kappa shape index (κ1) is 21.7. The standard InChI is InChI=1S/C26H30FN3O3/c1-17-13-21-23(33-17)14-22-24(31)30(15-18-9-7-8-12-20(18)27)26(2,16-29(21)22)25(32)28-19-10-5-3-4-6-11-19/h7-9,12-14,19H,3-6,10-11,15-16H2,1-2H3,(H,28,32)/t26-/m1/s1. The molecule has 1 aliphatic carbocycles. The maximum atomic E-state index is 14.5. The minimum absolute atomic E-state index is 0.0195. The predicted molar refractivity (Wildman–Crippen MR) is 123 cm³/mol. The first-order valence-electron chi connectivity index (χ1n) is 11.8. The van der Waals surface area contributed by atoms with Crippen LogP contribution in [0.5, 0.6) is 0 Å². The van der Waals surface area contributed by atoms with Gasteiger partial charge in [0.1, 0.15) is 22.8 Å². The number of rotatable bonds is 4. The lowest BCUT2D eigenvalue weighted by Crippen LogP contribution is -2.64. The molecule has 6 nitrogen and oxygen atoms in total. The monoisotopic (exact) mass is 451 g/mol. The fourth-order valence-corrected chi connectivity index (χ4v) is 5.27. The second-order valence-electron chi connectivity index (χ2n) is 9.64. The maximum Gasteiger partial charge on any atom is 0.271 e. The van der Waals surface area contributed by atoms with Crippen LogP contribution in [0.2, 0.25) is 0 Å². The normalized spacial score (nSPS) is 21.8. The highest BCUT2D eigenvalue weighted by Crippen LogP contribution is 2.35. The second kappa shape index (κ2) is 8.36. The van der Waals surface area contributed by atoms with Gasteiger partial charge in [0.05, 0.1) is 18.6 Å². The van der Waals surface area contributed by atoms with Crippen molar-refractivity contribution in [3.05, 3.63) is 59.2 Å². The quantitative estimate of drug-likeness (QED) is 0.572. The lowest BCUT2D eigenvalue weighted by molar-refractivity contribution is -0.134. The summed E-state index contributed by atoms with van der Waals surface area (Å²) in [5.74, 6) is -0.123. The van der Waals surface area contributed by atoms with Crippen LogP contribution in [-0.2, 0) is 17.9 Å². The summed E-state index contributed by atoms with van der Waals surface area (Å²) in [6.07, 6.45) is 6.45. The summed E-state index contributed by atoms with van der Waals surface area (Å²) in [6, 6.07) is 10.1.